The summed E-state index contributed by atoms with van der Waals surface area (Å²) in [7, 11) is 0. The summed E-state index contributed by atoms with van der Waals surface area (Å²) in [5.74, 6) is 0.992. The van der Waals surface area contributed by atoms with E-state index in [1.165, 1.54) is 5.56 Å². The molecule has 0 fully saturated rings. The van der Waals surface area contributed by atoms with Gasteiger partial charge >= 0.3 is 0 Å². The summed E-state index contributed by atoms with van der Waals surface area (Å²) >= 11 is 0. The summed E-state index contributed by atoms with van der Waals surface area (Å²) in [6.07, 6.45) is 9.84. The Hall–Kier alpha value is -2.23. The van der Waals surface area contributed by atoms with E-state index in [-0.39, 0.29) is 0 Å². The summed E-state index contributed by atoms with van der Waals surface area (Å²) < 4.78 is 0. The van der Waals surface area contributed by atoms with E-state index in [0.29, 0.717) is 11.7 Å². The molecule has 0 aliphatic heterocycles. The molecule has 1 N–H and O–H groups in total. The zero-order valence-corrected chi connectivity index (χ0v) is 9.24. The van der Waals surface area contributed by atoms with Gasteiger partial charge in [0.05, 0.1) is 0 Å². The van der Waals surface area contributed by atoms with Crippen molar-refractivity contribution in [1.82, 2.24) is 20.6 Å². The maximum atomic E-state index is 3.99. The predicted octanol–water partition coefficient (Wildman–Crippen LogP) is 2.47. The molecule has 0 saturated heterocycles. The van der Waals surface area contributed by atoms with Crippen molar-refractivity contribution in [2.75, 3.05) is 0 Å². The van der Waals surface area contributed by atoms with Crippen molar-refractivity contribution in [3.05, 3.63) is 54.1 Å². The highest BCUT2D eigenvalue weighted by Gasteiger charge is 2.09. The molecular weight excluding hydrogens is 212 g/mol. The monoisotopic (exact) mass is 224 g/mol. The van der Waals surface area contributed by atoms with E-state index < -0.39 is 0 Å². The maximum absolute atomic E-state index is 3.99. The van der Waals surface area contributed by atoms with Crippen LogP contribution in [0.25, 0.3) is 11.4 Å². The number of hydrogen-bond donors (Lipinski definition) is 1. The largest absolute Gasteiger partial charge is 0.204 e. The van der Waals surface area contributed by atoms with Gasteiger partial charge in [0, 0.05) is 11.5 Å². The van der Waals surface area contributed by atoms with E-state index in [1.807, 2.05) is 12.1 Å². The van der Waals surface area contributed by atoms with Gasteiger partial charge in [-0.25, -0.2) is 0 Å². The van der Waals surface area contributed by atoms with Crippen LogP contribution in [0.4, 0.5) is 0 Å². The van der Waals surface area contributed by atoms with Crippen LogP contribution in [0.2, 0.25) is 0 Å². The molecule has 4 heteroatoms. The predicted molar refractivity (Wildman–Crippen MR) is 65.3 cm³/mol. The third kappa shape index (κ3) is 2.01. The molecule has 3 rings (SSSR count). The van der Waals surface area contributed by atoms with Crippen molar-refractivity contribution in [2.24, 2.45) is 0 Å². The van der Waals surface area contributed by atoms with Crippen LogP contribution in [-0.4, -0.2) is 20.6 Å². The molecule has 1 aromatic heterocycles. The summed E-state index contributed by atoms with van der Waals surface area (Å²) in [5, 5.41) is 14.0. The number of tetrazole rings is 1. The van der Waals surface area contributed by atoms with E-state index in [1.54, 1.807) is 0 Å². The molecule has 0 atom stereocenters. The Labute approximate surface area is 99.1 Å². The Morgan fingerprint density at radius 3 is 2.82 bits per heavy atom. The fraction of sp³-hybridized carbons (Fsp3) is 0.154. The topological polar surface area (TPSA) is 54.5 Å². The molecule has 0 amide bonds. The van der Waals surface area contributed by atoms with E-state index >= 15 is 0 Å². The molecule has 0 bridgehead atoms. The average molecular weight is 224 g/mol. The van der Waals surface area contributed by atoms with Gasteiger partial charge in [0.2, 0.25) is 5.82 Å². The van der Waals surface area contributed by atoms with Gasteiger partial charge < -0.3 is 0 Å². The van der Waals surface area contributed by atoms with Crippen LogP contribution in [0, 0.1) is 0 Å². The Bertz CT molecular complexity index is 543. The molecule has 0 spiro atoms. The van der Waals surface area contributed by atoms with Crippen molar-refractivity contribution in [3.63, 3.8) is 0 Å². The van der Waals surface area contributed by atoms with Crippen molar-refractivity contribution >= 4 is 0 Å². The van der Waals surface area contributed by atoms with Crippen LogP contribution in [0.1, 0.15) is 17.9 Å². The lowest BCUT2D eigenvalue weighted by Crippen LogP contribution is -1.94. The fourth-order valence-corrected chi connectivity index (χ4v) is 1.98. The molecule has 1 aliphatic rings. The molecule has 84 valence electrons. The van der Waals surface area contributed by atoms with Crippen LogP contribution < -0.4 is 0 Å². The zero-order valence-electron chi connectivity index (χ0n) is 9.24. The van der Waals surface area contributed by atoms with Gasteiger partial charge in [-0.15, -0.1) is 10.2 Å². The van der Waals surface area contributed by atoms with Crippen LogP contribution in [0.3, 0.4) is 0 Å². The SMILES string of the molecule is C1=CC(c2cccc(-c3nn[nH]n3)c2)C=CC1. The number of rotatable bonds is 2. The first-order valence-corrected chi connectivity index (χ1v) is 5.60. The normalized spacial score (nSPS) is 15.3. The summed E-state index contributed by atoms with van der Waals surface area (Å²) in [5.41, 5.74) is 2.24. The molecule has 0 radical (unpaired) electrons. The van der Waals surface area contributed by atoms with E-state index in [9.17, 15) is 0 Å². The van der Waals surface area contributed by atoms with E-state index in [2.05, 4.69) is 57.1 Å². The van der Waals surface area contributed by atoms with Crippen molar-refractivity contribution < 1.29 is 0 Å². The fourth-order valence-electron chi connectivity index (χ4n) is 1.98. The summed E-state index contributed by atoms with van der Waals surface area (Å²) in [6, 6.07) is 8.24. The summed E-state index contributed by atoms with van der Waals surface area (Å²) in [6.45, 7) is 0. The molecule has 1 aromatic carbocycles. The van der Waals surface area contributed by atoms with Gasteiger partial charge in [0.25, 0.3) is 0 Å². The minimum atomic E-state index is 0.357. The second-order valence-corrected chi connectivity index (χ2v) is 3.98. The molecule has 4 nitrogen and oxygen atoms in total. The number of aromatic nitrogens is 4. The standard InChI is InChI=1S/C13H12N4/c1-2-5-10(6-3-1)11-7-4-8-12(9-11)13-14-16-17-15-13/h2-10H,1H2,(H,14,15,16,17). The van der Waals surface area contributed by atoms with Gasteiger partial charge in [0.1, 0.15) is 0 Å². The zero-order chi connectivity index (χ0) is 11.5. The van der Waals surface area contributed by atoms with Gasteiger partial charge in [-0.2, -0.15) is 5.21 Å². The molecule has 0 saturated carbocycles. The number of nitrogens with zero attached hydrogens (tertiary/aromatic N) is 3. The highest BCUT2D eigenvalue weighted by molar-refractivity contribution is 5.56. The first kappa shape index (κ1) is 9.96. The van der Waals surface area contributed by atoms with Gasteiger partial charge in [-0.3, -0.25) is 0 Å². The third-order valence-electron chi connectivity index (χ3n) is 2.83. The van der Waals surface area contributed by atoms with Crippen LogP contribution in [0.15, 0.2) is 48.6 Å². The Morgan fingerprint density at radius 2 is 2.06 bits per heavy atom. The number of hydrogen-bond acceptors (Lipinski definition) is 3. The second kappa shape index (κ2) is 4.33. The number of allylic oxidation sites excluding steroid dienone is 4. The van der Waals surface area contributed by atoms with Crippen molar-refractivity contribution in [3.8, 4) is 11.4 Å². The lowest BCUT2D eigenvalue weighted by atomic mass is 9.93. The molecule has 17 heavy (non-hydrogen) atoms. The molecule has 1 aliphatic carbocycles. The van der Waals surface area contributed by atoms with Crippen LogP contribution in [-0.2, 0) is 0 Å². The lowest BCUT2D eigenvalue weighted by Gasteiger charge is -2.11. The van der Waals surface area contributed by atoms with Crippen LogP contribution in [0.5, 0.6) is 0 Å². The quantitative estimate of drug-likeness (QED) is 0.797. The Balaban J connectivity index is 1.96. The minimum Gasteiger partial charge on any atom is -0.177 e. The third-order valence-corrected chi connectivity index (χ3v) is 2.83. The van der Waals surface area contributed by atoms with Gasteiger partial charge in [-0.05, 0) is 23.3 Å². The number of H-pyrrole nitrogens is 1. The average Bonchev–Trinajstić information content (AvgIpc) is 2.94. The molecular formula is C13H12N4. The first-order chi connectivity index (χ1) is 8.43. The van der Waals surface area contributed by atoms with E-state index in [4.69, 9.17) is 0 Å². The van der Waals surface area contributed by atoms with Gasteiger partial charge in [0.15, 0.2) is 0 Å². The van der Waals surface area contributed by atoms with E-state index in [0.717, 1.165) is 12.0 Å². The maximum Gasteiger partial charge on any atom is 0.204 e. The first-order valence-electron chi connectivity index (χ1n) is 5.60. The highest BCUT2D eigenvalue weighted by Crippen LogP contribution is 2.25. The Kier molecular flexibility index (Phi) is 2.54. The van der Waals surface area contributed by atoms with Gasteiger partial charge in [-0.1, -0.05) is 42.5 Å². The van der Waals surface area contributed by atoms with Crippen molar-refractivity contribution in [2.45, 2.75) is 12.3 Å². The van der Waals surface area contributed by atoms with Crippen molar-refractivity contribution in [1.29, 1.82) is 0 Å². The minimum absolute atomic E-state index is 0.357. The molecule has 0 unspecified atom stereocenters. The molecule has 2 aromatic rings. The summed E-state index contributed by atoms with van der Waals surface area (Å²) in [4.78, 5) is 0. The second-order valence-electron chi connectivity index (χ2n) is 3.98. The number of benzene rings is 1. The number of aromatic amines is 1. The smallest absolute Gasteiger partial charge is 0.177 e. The van der Waals surface area contributed by atoms with Crippen LogP contribution >= 0.6 is 0 Å². The molecule has 1 heterocycles. The Morgan fingerprint density at radius 1 is 1.18 bits per heavy atom. The lowest BCUT2D eigenvalue weighted by molar-refractivity contribution is 0.881. The number of nitrogens with one attached hydrogen (secondary N) is 1. The highest BCUT2D eigenvalue weighted by atomic mass is 15.5.